The Morgan fingerprint density at radius 3 is 2.63 bits per heavy atom. The number of nitrogens with one attached hydrogen (secondary N) is 2. The highest BCUT2D eigenvalue weighted by molar-refractivity contribution is 7.15. The van der Waals surface area contributed by atoms with Crippen LogP contribution in [0.15, 0.2) is 36.4 Å². The van der Waals surface area contributed by atoms with Gasteiger partial charge in [0, 0.05) is 48.5 Å². The molecule has 1 saturated carbocycles. The van der Waals surface area contributed by atoms with Gasteiger partial charge in [-0.15, -0.1) is 11.3 Å². The second kappa shape index (κ2) is 9.24. The Morgan fingerprint density at radius 2 is 1.93 bits per heavy atom. The van der Waals surface area contributed by atoms with Crippen molar-refractivity contribution in [1.29, 1.82) is 0 Å². The highest BCUT2D eigenvalue weighted by Gasteiger charge is 2.28. The lowest BCUT2D eigenvalue weighted by Gasteiger charge is -2.37. The molecule has 2 N–H and O–H groups in total. The standard InChI is InChI=1S/C22H27FN4O2S/c1-15(21(28)25-22(29)24-18-5-6-18)27-11-9-26(10-12-27)14-19-7-8-20(30-19)16-3-2-4-17(23)13-16/h2-4,7-8,13,15,18H,5-6,9-12,14H2,1H3,(H2,24,25,28,29). The van der Waals surface area contributed by atoms with Crippen molar-refractivity contribution in [3.05, 3.63) is 47.1 Å². The predicted molar refractivity (Wildman–Crippen MR) is 116 cm³/mol. The fourth-order valence-corrected chi connectivity index (χ4v) is 4.67. The third kappa shape index (κ3) is 5.44. The van der Waals surface area contributed by atoms with E-state index < -0.39 is 0 Å². The number of hydrogen-bond acceptors (Lipinski definition) is 5. The number of rotatable bonds is 6. The van der Waals surface area contributed by atoms with Gasteiger partial charge < -0.3 is 5.32 Å². The Balaban J connectivity index is 1.24. The fraction of sp³-hybridized carbons (Fsp3) is 0.455. The number of urea groups is 1. The van der Waals surface area contributed by atoms with Crippen LogP contribution in [-0.4, -0.2) is 60.0 Å². The van der Waals surface area contributed by atoms with Gasteiger partial charge in [-0.1, -0.05) is 12.1 Å². The summed E-state index contributed by atoms with van der Waals surface area (Å²) in [5.41, 5.74) is 0.904. The van der Waals surface area contributed by atoms with Crippen LogP contribution in [0.25, 0.3) is 10.4 Å². The molecule has 2 heterocycles. The smallest absolute Gasteiger partial charge is 0.321 e. The summed E-state index contributed by atoms with van der Waals surface area (Å²) in [7, 11) is 0. The molecule has 1 saturated heterocycles. The maximum Gasteiger partial charge on any atom is 0.321 e. The van der Waals surface area contributed by atoms with Gasteiger partial charge in [0.1, 0.15) is 5.82 Å². The minimum Gasteiger partial charge on any atom is -0.335 e. The van der Waals surface area contributed by atoms with Crippen LogP contribution in [0, 0.1) is 5.82 Å². The summed E-state index contributed by atoms with van der Waals surface area (Å²) < 4.78 is 13.5. The van der Waals surface area contributed by atoms with Crippen LogP contribution < -0.4 is 10.6 Å². The summed E-state index contributed by atoms with van der Waals surface area (Å²) in [6.45, 7) is 5.97. The molecule has 2 aliphatic rings. The van der Waals surface area contributed by atoms with Crippen molar-refractivity contribution in [3.63, 3.8) is 0 Å². The largest absolute Gasteiger partial charge is 0.335 e. The second-order valence-corrected chi connectivity index (χ2v) is 9.17. The molecular formula is C22H27FN4O2S. The molecule has 1 aromatic carbocycles. The lowest BCUT2D eigenvalue weighted by molar-refractivity contribution is -0.125. The number of hydrogen-bond donors (Lipinski definition) is 2. The average Bonchev–Trinajstić information content (AvgIpc) is 3.42. The first-order valence-corrected chi connectivity index (χ1v) is 11.2. The van der Waals surface area contributed by atoms with Crippen LogP contribution in [0.1, 0.15) is 24.6 Å². The molecule has 1 aromatic heterocycles. The number of amides is 3. The highest BCUT2D eigenvalue weighted by Crippen LogP contribution is 2.29. The SMILES string of the molecule is CC(C(=O)NC(=O)NC1CC1)N1CCN(Cc2ccc(-c3cccc(F)c3)s2)CC1. The molecule has 1 aliphatic carbocycles. The summed E-state index contributed by atoms with van der Waals surface area (Å²) in [5, 5.41) is 5.23. The van der Waals surface area contributed by atoms with Crippen LogP contribution in [0.4, 0.5) is 9.18 Å². The third-order valence-corrected chi connectivity index (χ3v) is 6.75. The van der Waals surface area contributed by atoms with Crippen LogP contribution in [-0.2, 0) is 11.3 Å². The second-order valence-electron chi connectivity index (χ2n) is 8.00. The number of piperazine rings is 1. The molecular weight excluding hydrogens is 403 g/mol. The normalized spacial score (nSPS) is 18.7. The topological polar surface area (TPSA) is 64.7 Å². The summed E-state index contributed by atoms with van der Waals surface area (Å²) in [6.07, 6.45) is 1.99. The van der Waals surface area contributed by atoms with Crippen molar-refractivity contribution in [3.8, 4) is 10.4 Å². The van der Waals surface area contributed by atoms with E-state index in [-0.39, 0.29) is 29.8 Å². The number of thiophene rings is 1. The maximum absolute atomic E-state index is 13.5. The van der Waals surface area contributed by atoms with E-state index in [9.17, 15) is 14.0 Å². The fourth-order valence-electron chi connectivity index (χ4n) is 3.62. The Labute approximate surface area is 180 Å². The van der Waals surface area contributed by atoms with E-state index in [0.717, 1.165) is 56.0 Å². The van der Waals surface area contributed by atoms with E-state index in [1.807, 2.05) is 19.1 Å². The van der Waals surface area contributed by atoms with E-state index in [2.05, 4.69) is 26.5 Å². The van der Waals surface area contributed by atoms with E-state index in [0.29, 0.717) is 0 Å². The van der Waals surface area contributed by atoms with E-state index in [1.54, 1.807) is 23.5 Å². The molecule has 160 valence electrons. The molecule has 1 atom stereocenters. The van der Waals surface area contributed by atoms with E-state index in [1.165, 1.54) is 10.9 Å². The van der Waals surface area contributed by atoms with Crippen LogP contribution >= 0.6 is 11.3 Å². The zero-order chi connectivity index (χ0) is 21.1. The number of benzene rings is 1. The van der Waals surface area contributed by atoms with Gasteiger partial charge in [0.15, 0.2) is 0 Å². The third-order valence-electron chi connectivity index (χ3n) is 5.63. The highest BCUT2D eigenvalue weighted by atomic mass is 32.1. The van der Waals surface area contributed by atoms with Crippen molar-refractivity contribution in [1.82, 2.24) is 20.4 Å². The number of carbonyl (C=O) groups excluding carboxylic acids is 2. The molecule has 0 radical (unpaired) electrons. The summed E-state index contributed by atoms with van der Waals surface area (Å²) >= 11 is 1.69. The van der Waals surface area contributed by atoms with Crippen LogP contribution in [0.3, 0.4) is 0 Å². The Bertz CT molecular complexity index is 906. The van der Waals surface area contributed by atoms with E-state index >= 15 is 0 Å². The Hall–Kier alpha value is -2.29. The van der Waals surface area contributed by atoms with E-state index in [4.69, 9.17) is 0 Å². The molecule has 1 aliphatic heterocycles. The van der Waals surface area contributed by atoms with Crippen molar-refractivity contribution >= 4 is 23.3 Å². The Kier molecular flexibility index (Phi) is 6.46. The summed E-state index contributed by atoms with van der Waals surface area (Å²) in [6, 6.07) is 10.3. The lowest BCUT2D eigenvalue weighted by atomic mass is 10.2. The molecule has 4 rings (SSSR count). The lowest BCUT2D eigenvalue weighted by Crippen LogP contribution is -2.55. The monoisotopic (exact) mass is 430 g/mol. The van der Waals surface area contributed by atoms with Crippen molar-refractivity contribution in [2.75, 3.05) is 26.2 Å². The molecule has 2 fully saturated rings. The molecule has 3 amide bonds. The Morgan fingerprint density at radius 1 is 1.17 bits per heavy atom. The van der Waals surface area contributed by atoms with Crippen molar-refractivity contribution in [2.24, 2.45) is 0 Å². The number of halogens is 1. The first kappa shape index (κ1) is 21.0. The zero-order valence-electron chi connectivity index (χ0n) is 17.1. The molecule has 30 heavy (non-hydrogen) atoms. The van der Waals surface area contributed by atoms with Gasteiger partial charge in [-0.3, -0.25) is 19.9 Å². The molecule has 6 nitrogen and oxygen atoms in total. The minimum atomic E-state index is -0.389. The van der Waals surface area contributed by atoms with Crippen LogP contribution in [0.5, 0.6) is 0 Å². The quantitative estimate of drug-likeness (QED) is 0.739. The average molecular weight is 431 g/mol. The van der Waals surface area contributed by atoms with Crippen LogP contribution in [0.2, 0.25) is 0 Å². The van der Waals surface area contributed by atoms with Gasteiger partial charge in [0.05, 0.1) is 6.04 Å². The first-order chi connectivity index (χ1) is 14.5. The van der Waals surface area contributed by atoms with Gasteiger partial charge in [-0.05, 0) is 49.6 Å². The summed E-state index contributed by atoms with van der Waals surface area (Å²) in [5.74, 6) is -0.471. The maximum atomic E-state index is 13.5. The molecule has 2 aromatic rings. The van der Waals surface area contributed by atoms with Gasteiger partial charge in [-0.25, -0.2) is 9.18 Å². The van der Waals surface area contributed by atoms with Crippen molar-refractivity contribution < 1.29 is 14.0 Å². The molecule has 0 bridgehead atoms. The zero-order valence-corrected chi connectivity index (χ0v) is 17.9. The van der Waals surface area contributed by atoms with Gasteiger partial charge in [0.25, 0.3) is 0 Å². The predicted octanol–water partition coefficient (Wildman–Crippen LogP) is 3.05. The number of carbonyl (C=O) groups is 2. The minimum absolute atomic E-state index is 0.221. The molecule has 1 unspecified atom stereocenters. The first-order valence-electron chi connectivity index (χ1n) is 10.4. The van der Waals surface area contributed by atoms with Crippen molar-refractivity contribution in [2.45, 2.75) is 38.4 Å². The molecule has 0 spiro atoms. The molecule has 8 heteroatoms. The van der Waals surface area contributed by atoms with Gasteiger partial charge >= 0.3 is 6.03 Å². The summed E-state index contributed by atoms with van der Waals surface area (Å²) in [4.78, 5) is 30.9. The van der Waals surface area contributed by atoms with Gasteiger partial charge in [-0.2, -0.15) is 0 Å². The van der Waals surface area contributed by atoms with Gasteiger partial charge in [0.2, 0.25) is 5.91 Å². The number of imide groups is 1. The number of nitrogens with zero attached hydrogens (tertiary/aromatic N) is 2.